The Balaban J connectivity index is 1.13. The molecule has 1 aliphatic heterocycles. The second kappa shape index (κ2) is 12.9. The van der Waals surface area contributed by atoms with E-state index in [1.807, 2.05) is 12.1 Å². The van der Waals surface area contributed by atoms with Gasteiger partial charge in [-0.2, -0.15) is 0 Å². The van der Waals surface area contributed by atoms with Crippen LogP contribution in [0.25, 0.3) is 0 Å². The smallest absolute Gasteiger partial charge is 0.272 e. The van der Waals surface area contributed by atoms with Gasteiger partial charge in [-0.15, -0.1) is 0 Å². The first-order valence-electron chi connectivity index (χ1n) is 14.6. The highest BCUT2D eigenvalue weighted by Gasteiger charge is 2.36. The maximum atomic E-state index is 13.1. The molecular weight excluding hydrogens is 524 g/mol. The molecular formula is C32H42N2O7. The van der Waals surface area contributed by atoms with Gasteiger partial charge in [-0.3, -0.25) is 9.78 Å². The normalized spacial score (nSPS) is 18.4. The number of aliphatic hydroxyl groups is 3. The number of methoxy groups -OCH3 is 1. The van der Waals surface area contributed by atoms with Crippen molar-refractivity contribution >= 4 is 5.91 Å². The fourth-order valence-corrected chi connectivity index (χ4v) is 6.17. The molecule has 1 aromatic heterocycles. The SMILES string of the molecule is COc1cc(C2CN(C(=O)c3cc(COCC(CO)(CO)CO)ccn3)C2)ccc1OCC1=CC2(CCCC2)CC1. The molecule has 0 bridgehead atoms. The summed E-state index contributed by atoms with van der Waals surface area (Å²) in [6, 6.07) is 9.50. The van der Waals surface area contributed by atoms with E-state index in [1.54, 1.807) is 30.3 Å². The van der Waals surface area contributed by atoms with Crippen LogP contribution in [0.2, 0.25) is 0 Å². The number of ether oxygens (including phenoxy) is 3. The lowest BCUT2D eigenvalue weighted by atomic mass is 9.86. The maximum Gasteiger partial charge on any atom is 0.272 e. The van der Waals surface area contributed by atoms with Gasteiger partial charge in [-0.1, -0.05) is 25.0 Å². The average molecular weight is 567 g/mol. The molecule has 41 heavy (non-hydrogen) atoms. The van der Waals surface area contributed by atoms with Crippen LogP contribution >= 0.6 is 0 Å². The summed E-state index contributed by atoms with van der Waals surface area (Å²) in [5.41, 5.74) is 2.91. The molecule has 2 aliphatic carbocycles. The molecule has 2 heterocycles. The molecule has 1 spiro atoms. The first-order valence-corrected chi connectivity index (χ1v) is 14.6. The summed E-state index contributed by atoms with van der Waals surface area (Å²) in [4.78, 5) is 19.1. The van der Waals surface area contributed by atoms with Crippen molar-refractivity contribution in [1.82, 2.24) is 9.88 Å². The van der Waals surface area contributed by atoms with E-state index in [2.05, 4.69) is 17.1 Å². The molecule has 3 N–H and O–H groups in total. The van der Waals surface area contributed by atoms with Crippen molar-refractivity contribution in [3.63, 3.8) is 0 Å². The van der Waals surface area contributed by atoms with Gasteiger partial charge in [0.15, 0.2) is 11.5 Å². The van der Waals surface area contributed by atoms with Crippen molar-refractivity contribution in [2.45, 2.75) is 51.0 Å². The van der Waals surface area contributed by atoms with Crippen molar-refractivity contribution in [2.24, 2.45) is 10.8 Å². The van der Waals surface area contributed by atoms with Crippen LogP contribution in [0.15, 0.2) is 48.2 Å². The van der Waals surface area contributed by atoms with Crippen LogP contribution in [0.4, 0.5) is 0 Å². The molecule has 2 aromatic rings. The molecule has 2 fully saturated rings. The van der Waals surface area contributed by atoms with Gasteiger partial charge in [0.2, 0.25) is 0 Å². The molecule has 1 amide bonds. The first kappa shape index (κ1) is 29.5. The van der Waals surface area contributed by atoms with Crippen LogP contribution in [0.3, 0.4) is 0 Å². The topological polar surface area (TPSA) is 122 Å². The Morgan fingerprint density at radius 2 is 1.78 bits per heavy atom. The molecule has 0 radical (unpaired) electrons. The lowest BCUT2D eigenvalue weighted by molar-refractivity contribution is -0.0621. The number of hydrogen-bond donors (Lipinski definition) is 3. The third-order valence-electron chi connectivity index (χ3n) is 9.02. The Hall–Kier alpha value is -2.98. The Morgan fingerprint density at radius 3 is 2.49 bits per heavy atom. The van der Waals surface area contributed by atoms with E-state index in [0.717, 1.165) is 23.3 Å². The van der Waals surface area contributed by atoms with Crippen molar-refractivity contribution in [3.8, 4) is 11.5 Å². The second-order valence-electron chi connectivity index (χ2n) is 12.0. The number of pyridine rings is 1. The van der Waals surface area contributed by atoms with Gasteiger partial charge in [0.1, 0.15) is 12.3 Å². The van der Waals surface area contributed by atoms with Gasteiger partial charge in [-0.25, -0.2) is 0 Å². The molecule has 9 heteroatoms. The van der Waals surface area contributed by atoms with E-state index >= 15 is 0 Å². The van der Waals surface area contributed by atoms with E-state index in [1.165, 1.54) is 37.7 Å². The summed E-state index contributed by atoms with van der Waals surface area (Å²) in [6.45, 7) is 0.758. The van der Waals surface area contributed by atoms with Crippen LogP contribution in [0.5, 0.6) is 11.5 Å². The van der Waals surface area contributed by atoms with Crippen LogP contribution in [-0.4, -0.2) is 84.3 Å². The number of rotatable bonds is 13. The number of carbonyl (C=O) groups is 1. The van der Waals surface area contributed by atoms with E-state index in [-0.39, 0.29) is 25.0 Å². The summed E-state index contributed by atoms with van der Waals surface area (Å²) in [7, 11) is 1.66. The quantitative estimate of drug-likeness (QED) is 0.315. The molecule has 5 rings (SSSR count). The summed E-state index contributed by atoms with van der Waals surface area (Å²) in [5.74, 6) is 1.52. The monoisotopic (exact) mass is 566 g/mol. The summed E-state index contributed by atoms with van der Waals surface area (Å²) < 4.78 is 17.4. The zero-order valence-corrected chi connectivity index (χ0v) is 23.9. The Bertz CT molecular complexity index is 1220. The largest absolute Gasteiger partial charge is 0.493 e. The molecule has 222 valence electrons. The predicted molar refractivity (Wildman–Crippen MR) is 153 cm³/mol. The number of carbonyl (C=O) groups excluding carboxylic acids is 1. The van der Waals surface area contributed by atoms with E-state index < -0.39 is 25.2 Å². The molecule has 1 aromatic carbocycles. The highest BCUT2D eigenvalue weighted by molar-refractivity contribution is 5.93. The molecule has 0 atom stereocenters. The number of aromatic nitrogens is 1. The summed E-state index contributed by atoms with van der Waals surface area (Å²) >= 11 is 0. The van der Waals surface area contributed by atoms with E-state index in [4.69, 9.17) is 14.2 Å². The van der Waals surface area contributed by atoms with Gasteiger partial charge in [0, 0.05) is 25.2 Å². The Labute approximate surface area is 241 Å². The van der Waals surface area contributed by atoms with Gasteiger partial charge < -0.3 is 34.4 Å². The number of allylic oxidation sites excluding steroid dienone is 1. The standard InChI is InChI=1S/C32H42N2O7/c1-39-29-13-25(4-5-28(29)41-18-24-6-10-31(14-24)8-2-3-9-31)26-15-34(16-26)30(38)27-12-23(7-11-33-27)17-40-22-32(19-35,20-36)21-37/h4-5,7,11-14,26,35-37H,2-3,6,8-10,15-22H2,1H3. The minimum absolute atomic E-state index is 0.0121. The summed E-state index contributed by atoms with van der Waals surface area (Å²) in [6.07, 6.45) is 11.7. The second-order valence-corrected chi connectivity index (χ2v) is 12.0. The van der Waals surface area contributed by atoms with Gasteiger partial charge >= 0.3 is 0 Å². The highest BCUT2D eigenvalue weighted by atomic mass is 16.5. The van der Waals surface area contributed by atoms with Crippen LogP contribution in [0.1, 0.15) is 66.1 Å². The predicted octanol–water partition coefficient (Wildman–Crippen LogP) is 3.47. The third kappa shape index (κ3) is 6.59. The highest BCUT2D eigenvalue weighted by Crippen LogP contribution is 2.48. The summed E-state index contributed by atoms with van der Waals surface area (Å²) in [5, 5.41) is 28.4. The lowest BCUT2D eigenvalue weighted by Crippen LogP contribution is -2.48. The van der Waals surface area contributed by atoms with Crippen molar-refractivity contribution in [3.05, 3.63) is 65.0 Å². The molecule has 0 unspecified atom stereocenters. The van der Waals surface area contributed by atoms with Crippen LogP contribution in [0, 0.1) is 10.8 Å². The minimum Gasteiger partial charge on any atom is -0.493 e. The number of hydrogen-bond acceptors (Lipinski definition) is 8. The molecule has 1 saturated heterocycles. The van der Waals surface area contributed by atoms with Crippen LogP contribution < -0.4 is 9.47 Å². The third-order valence-corrected chi connectivity index (χ3v) is 9.02. The molecule has 9 nitrogen and oxygen atoms in total. The number of aliphatic hydroxyl groups excluding tert-OH is 3. The van der Waals surface area contributed by atoms with Crippen molar-refractivity contribution in [2.75, 3.05) is 53.2 Å². The molecule has 1 saturated carbocycles. The fourth-order valence-electron chi connectivity index (χ4n) is 6.17. The zero-order chi connectivity index (χ0) is 28.9. The van der Waals surface area contributed by atoms with Crippen LogP contribution in [-0.2, 0) is 11.3 Å². The lowest BCUT2D eigenvalue weighted by Gasteiger charge is -2.39. The van der Waals surface area contributed by atoms with E-state index in [0.29, 0.717) is 36.6 Å². The van der Waals surface area contributed by atoms with Crippen molar-refractivity contribution < 1.29 is 34.3 Å². The Kier molecular flexibility index (Phi) is 9.28. The fraction of sp³-hybridized carbons (Fsp3) is 0.562. The number of likely N-dealkylation sites (tertiary alicyclic amines) is 1. The van der Waals surface area contributed by atoms with E-state index in [9.17, 15) is 20.1 Å². The Morgan fingerprint density at radius 1 is 1.02 bits per heavy atom. The average Bonchev–Trinajstić information content (AvgIpc) is 3.62. The number of benzene rings is 1. The van der Waals surface area contributed by atoms with Crippen molar-refractivity contribution in [1.29, 1.82) is 0 Å². The van der Waals surface area contributed by atoms with Gasteiger partial charge in [0.05, 0.1) is 45.6 Å². The molecule has 3 aliphatic rings. The number of amides is 1. The first-order chi connectivity index (χ1) is 19.9. The minimum atomic E-state index is -1.10. The van der Waals surface area contributed by atoms with Gasteiger partial charge in [0.25, 0.3) is 5.91 Å². The number of nitrogens with zero attached hydrogens (tertiary/aromatic N) is 2. The van der Waals surface area contributed by atoms with Gasteiger partial charge in [-0.05, 0) is 72.1 Å². The zero-order valence-electron chi connectivity index (χ0n) is 23.9. The maximum absolute atomic E-state index is 13.1.